The van der Waals surface area contributed by atoms with E-state index in [0.29, 0.717) is 6.54 Å². The van der Waals surface area contributed by atoms with Crippen molar-refractivity contribution in [3.63, 3.8) is 0 Å². The van der Waals surface area contributed by atoms with Crippen molar-refractivity contribution < 1.29 is 0 Å². The molecule has 0 spiro atoms. The van der Waals surface area contributed by atoms with Crippen molar-refractivity contribution in [3.8, 4) is 11.4 Å². The minimum Gasteiger partial charge on any atom is -0.340 e. The summed E-state index contributed by atoms with van der Waals surface area (Å²) in [5.74, 6) is 0.903. The largest absolute Gasteiger partial charge is 0.340 e. The summed E-state index contributed by atoms with van der Waals surface area (Å²) >= 11 is 0. The minimum absolute atomic E-state index is 0.0828. The van der Waals surface area contributed by atoms with Crippen molar-refractivity contribution in [2.45, 2.75) is 32.9 Å². The molecule has 0 aromatic carbocycles. The molecule has 90 valence electrons. The number of nitrogens with zero attached hydrogens (tertiary/aromatic N) is 3. The molecule has 0 aliphatic rings. The van der Waals surface area contributed by atoms with Crippen LogP contribution in [0.5, 0.6) is 0 Å². The first kappa shape index (κ1) is 11.7. The molecule has 0 aliphatic heterocycles. The summed E-state index contributed by atoms with van der Waals surface area (Å²) < 4.78 is 0. The molecule has 17 heavy (non-hydrogen) atoms. The van der Waals surface area contributed by atoms with Gasteiger partial charge < -0.3 is 10.3 Å². The van der Waals surface area contributed by atoms with E-state index >= 15 is 0 Å². The summed E-state index contributed by atoms with van der Waals surface area (Å²) in [5, 5.41) is 3.37. The Bertz CT molecular complexity index is 469. The highest BCUT2D eigenvalue weighted by Crippen LogP contribution is 2.12. The third-order valence-corrected chi connectivity index (χ3v) is 2.25. The van der Waals surface area contributed by atoms with E-state index in [1.807, 2.05) is 0 Å². The first-order valence-electron chi connectivity index (χ1n) is 5.60. The van der Waals surface area contributed by atoms with Gasteiger partial charge in [-0.15, -0.1) is 0 Å². The molecular formula is C12H17N5. The highest BCUT2D eigenvalue weighted by molar-refractivity contribution is 5.51. The van der Waals surface area contributed by atoms with Crippen LogP contribution in [0.2, 0.25) is 0 Å². The third kappa shape index (κ3) is 3.35. The number of imidazole rings is 1. The van der Waals surface area contributed by atoms with E-state index in [9.17, 15) is 0 Å². The fourth-order valence-corrected chi connectivity index (χ4v) is 1.37. The lowest BCUT2D eigenvalue weighted by Gasteiger charge is -2.19. The maximum atomic E-state index is 4.31. The molecule has 0 unspecified atom stereocenters. The number of H-pyrrole nitrogens is 1. The van der Waals surface area contributed by atoms with Gasteiger partial charge in [0.1, 0.15) is 11.5 Å². The standard InChI is InChI=1S/C12H17N5/c1-12(2,3)16-8-11-15-7-10(17-11)9-6-13-4-5-14-9/h4-7,16H,8H2,1-3H3,(H,15,17). The minimum atomic E-state index is 0.0828. The first-order valence-corrected chi connectivity index (χ1v) is 5.60. The summed E-state index contributed by atoms with van der Waals surface area (Å²) in [6.45, 7) is 7.09. The predicted molar refractivity (Wildman–Crippen MR) is 66.2 cm³/mol. The van der Waals surface area contributed by atoms with Crippen LogP contribution < -0.4 is 5.32 Å². The van der Waals surface area contributed by atoms with Gasteiger partial charge in [0.2, 0.25) is 0 Å². The van der Waals surface area contributed by atoms with Crippen molar-refractivity contribution in [2.24, 2.45) is 0 Å². The van der Waals surface area contributed by atoms with Crippen LogP contribution in [0.25, 0.3) is 11.4 Å². The van der Waals surface area contributed by atoms with Gasteiger partial charge in [-0.1, -0.05) is 0 Å². The summed E-state index contributed by atoms with van der Waals surface area (Å²) in [6, 6.07) is 0. The zero-order valence-corrected chi connectivity index (χ0v) is 10.4. The van der Waals surface area contributed by atoms with Crippen LogP contribution in [0.4, 0.5) is 0 Å². The Hall–Kier alpha value is -1.75. The molecule has 0 bridgehead atoms. The van der Waals surface area contributed by atoms with E-state index < -0.39 is 0 Å². The van der Waals surface area contributed by atoms with Gasteiger partial charge in [0, 0.05) is 17.9 Å². The van der Waals surface area contributed by atoms with Gasteiger partial charge in [0.25, 0.3) is 0 Å². The average Bonchev–Trinajstić information content (AvgIpc) is 2.75. The van der Waals surface area contributed by atoms with Crippen LogP contribution in [-0.4, -0.2) is 25.5 Å². The van der Waals surface area contributed by atoms with Crippen molar-refractivity contribution in [3.05, 3.63) is 30.6 Å². The Balaban J connectivity index is 2.07. The van der Waals surface area contributed by atoms with Crippen LogP contribution in [0.3, 0.4) is 0 Å². The van der Waals surface area contributed by atoms with E-state index in [1.54, 1.807) is 24.8 Å². The first-order chi connectivity index (χ1) is 8.04. The summed E-state index contributed by atoms with van der Waals surface area (Å²) in [7, 11) is 0. The van der Waals surface area contributed by atoms with Crippen LogP contribution in [-0.2, 0) is 6.54 Å². The smallest absolute Gasteiger partial charge is 0.120 e. The van der Waals surface area contributed by atoms with Crippen LogP contribution >= 0.6 is 0 Å². The summed E-state index contributed by atoms with van der Waals surface area (Å²) in [6.07, 6.45) is 6.82. The monoisotopic (exact) mass is 231 g/mol. The van der Waals surface area contributed by atoms with Crippen molar-refractivity contribution in [2.75, 3.05) is 0 Å². The van der Waals surface area contributed by atoms with Gasteiger partial charge in [0.05, 0.1) is 24.6 Å². The lowest BCUT2D eigenvalue weighted by atomic mass is 10.1. The molecule has 2 aromatic rings. The number of hydrogen-bond donors (Lipinski definition) is 2. The molecule has 2 N–H and O–H groups in total. The molecule has 0 amide bonds. The van der Waals surface area contributed by atoms with E-state index in [4.69, 9.17) is 0 Å². The molecule has 0 aliphatic carbocycles. The summed E-state index contributed by atoms with van der Waals surface area (Å²) in [4.78, 5) is 15.8. The molecule has 0 fully saturated rings. The van der Waals surface area contributed by atoms with E-state index in [-0.39, 0.29) is 5.54 Å². The number of aromatic nitrogens is 4. The van der Waals surface area contributed by atoms with Gasteiger partial charge in [-0.25, -0.2) is 4.98 Å². The molecule has 2 rings (SSSR count). The Kier molecular flexibility index (Phi) is 3.19. The van der Waals surface area contributed by atoms with Gasteiger partial charge in [-0.3, -0.25) is 9.97 Å². The molecule has 2 heterocycles. The van der Waals surface area contributed by atoms with Crippen molar-refractivity contribution >= 4 is 0 Å². The Morgan fingerprint density at radius 3 is 2.65 bits per heavy atom. The topological polar surface area (TPSA) is 66.5 Å². The second kappa shape index (κ2) is 4.63. The van der Waals surface area contributed by atoms with E-state index in [0.717, 1.165) is 17.2 Å². The number of aromatic amines is 1. The third-order valence-electron chi connectivity index (χ3n) is 2.25. The molecule has 0 saturated carbocycles. The fraction of sp³-hybridized carbons (Fsp3) is 0.417. The maximum absolute atomic E-state index is 4.31. The number of rotatable bonds is 3. The van der Waals surface area contributed by atoms with Crippen LogP contribution in [0.15, 0.2) is 24.8 Å². The summed E-state index contributed by atoms with van der Waals surface area (Å²) in [5.41, 5.74) is 1.78. The van der Waals surface area contributed by atoms with Gasteiger partial charge in [0.15, 0.2) is 0 Å². The lowest BCUT2D eigenvalue weighted by Crippen LogP contribution is -2.35. The number of nitrogens with one attached hydrogen (secondary N) is 2. The SMILES string of the molecule is CC(C)(C)NCc1ncc(-c2cnccn2)[nH]1. The number of hydrogen-bond acceptors (Lipinski definition) is 4. The maximum Gasteiger partial charge on any atom is 0.120 e. The molecule has 0 radical (unpaired) electrons. The average molecular weight is 231 g/mol. The van der Waals surface area contributed by atoms with Gasteiger partial charge >= 0.3 is 0 Å². The quantitative estimate of drug-likeness (QED) is 0.844. The second-order valence-electron chi connectivity index (χ2n) is 4.94. The Morgan fingerprint density at radius 1 is 1.18 bits per heavy atom. The highest BCUT2D eigenvalue weighted by atomic mass is 15.0. The normalized spacial score (nSPS) is 11.7. The van der Waals surface area contributed by atoms with Gasteiger partial charge in [-0.2, -0.15) is 0 Å². The second-order valence-corrected chi connectivity index (χ2v) is 4.94. The van der Waals surface area contributed by atoms with Gasteiger partial charge in [-0.05, 0) is 20.8 Å². The molecular weight excluding hydrogens is 214 g/mol. The zero-order chi connectivity index (χ0) is 12.3. The van der Waals surface area contributed by atoms with Crippen molar-refractivity contribution in [1.82, 2.24) is 25.3 Å². The Morgan fingerprint density at radius 2 is 2.00 bits per heavy atom. The molecule has 0 saturated heterocycles. The van der Waals surface area contributed by atoms with Crippen LogP contribution in [0, 0.1) is 0 Å². The highest BCUT2D eigenvalue weighted by Gasteiger charge is 2.10. The van der Waals surface area contributed by atoms with Crippen LogP contribution in [0.1, 0.15) is 26.6 Å². The predicted octanol–water partition coefficient (Wildman–Crippen LogP) is 1.75. The lowest BCUT2D eigenvalue weighted by molar-refractivity contribution is 0.418. The molecule has 5 nitrogen and oxygen atoms in total. The Labute approximate surface area is 101 Å². The zero-order valence-electron chi connectivity index (χ0n) is 10.4. The molecule has 0 atom stereocenters. The molecule has 5 heteroatoms. The molecule has 2 aromatic heterocycles. The fourth-order valence-electron chi connectivity index (χ4n) is 1.37. The van der Waals surface area contributed by atoms with E-state index in [1.165, 1.54) is 0 Å². The van der Waals surface area contributed by atoms with Crippen molar-refractivity contribution in [1.29, 1.82) is 0 Å². The van der Waals surface area contributed by atoms with E-state index in [2.05, 4.69) is 46.0 Å².